The molecule has 0 aliphatic carbocycles. The Kier molecular flexibility index (Phi) is 3.72. The van der Waals surface area contributed by atoms with Crippen molar-refractivity contribution >= 4 is 22.8 Å². The number of carbonyl (C=O) groups is 1. The molecule has 2 aromatic rings. The van der Waals surface area contributed by atoms with E-state index in [0.717, 1.165) is 49.4 Å². The summed E-state index contributed by atoms with van der Waals surface area (Å²) < 4.78 is 6.95. The Labute approximate surface area is 141 Å². The Balaban J connectivity index is 1.52. The molecular weight excluding hydrogens is 304 g/mol. The summed E-state index contributed by atoms with van der Waals surface area (Å²) in [5.41, 5.74) is 3.23. The first-order valence-electron chi connectivity index (χ1n) is 8.65. The third kappa shape index (κ3) is 2.55. The quantitative estimate of drug-likeness (QED) is 0.937. The minimum atomic E-state index is -0.109. The van der Waals surface area contributed by atoms with Gasteiger partial charge in [-0.1, -0.05) is 19.9 Å². The molecule has 2 aliphatic rings. The van der Waals surface area contributed by atoms with Crippen LogP contribution in [0.2, 0.25) is 0 Å². The number of ether oxygens (including phenoxy) is 1. The second-order valence-corrected chi connectivity index (χ2v) is 7.52. The second kappa shape index (κ2) is 5.77. The Morgan fingerprint density at radius 2 is 2.17 bits per heavy atom. The second-order valence-electron chi connectivity index (χ2n) is 7.52. The molecule has 0 radical (unpaired) electrons. The lowest BCUT2D eigenvalue weighted by molar-refractivity contribution is -0.126. The van der Waals surface area contributed by atoms with Crippen molar-refractivity contribution in [2.24, 2.45) is 11.3 Å². The lowest BCUT2D eigenvalue weighted by atomic mass is 9.77. The van der Waals surface area contributed by atoms with E-state index >= 15 is 0 Å². The van der Waals surface area contributed by atoms with Gasteiger partial charge in [-0.2, -0.15) is 0 Å². The predicted molar refractivity (Wildman–Crippen MR) is 93.4 cm³/mol. The first-order chi connectivity index (χ1) is 11.6. The van der Waals surface area contributed by atoms with Gasteiger partial charge in [0.1, 0.15) is 11.8 Å². The van der Waals surface area contributed by atoms with Crippen molar-refractivity contribution in [2.75, 3.05) is 37.7 Å². The van der Waals surface area contributed by atoms with Crippen molar-refractivity contribution in [3.8, 4) is 0 Å². The molecule has 0 unspecified atom stereocenters. The lowest BCUT2D eigenvalue weighted by Gasteiger charge is -2.56. The van der Waals surface area contributed by atoms with E-state index in [4.69, 9.17) is 4.74 Å². The van der Waals surface area contributed by atoms with E-state index in [-0.39, 0.29) is 6.03 Å². The summed E-state index contributed by atoms with van der Waals surface area (Å²) in [4.78, 5) is 19.2. The zero-order valence-corrected chi connectivity index (χ0v) is 14.3. The monoisotopic (exact) mass is 328 g/mol. The van der Waals surface area contributed by atoms with Crippen molar-refractivity contribution in [3.63, 3.8) is 0 Å². The number of hydrogen-bond acceptors (Lipinski definition) is 4. The van der Waals surface area contributed by atoms with Crippen LogP contribution in [0.15, 0.2) is 24.5 Å². The topological polar surface area (TPSA) is 59.4 Å². The smallest absolute Gasteiger partial charge is 0.327 e. The van der Waals surface area contributed by atoms with Gasteiger partial charge in [-0.05, 0) is 24.5 Å². The molecule has 0 bridgehead atoms. The Bertz CT molecular complexity index is 755. The zero-order valence-electron chi connectivity index (χ0n) is 14.3. The normalized spacial score (nSPS) is 18.7. The van der Waals surface area contributed by atoms with Crippen LogP contribution in [-0.2, 0) is 4.74 Å². The summed E-state index contributed by atoms with van der Waals surface area (Å²) >= 11 is 0. The number of nitrogens with zero attached hydrogens (tertiary/aromatic N) is 3. The van der Waals surface area contributed by atoms with Gasteiger partial charge in [0.05, 0.1) is 29.8 Å². The number of aromatic nitrogens is 2. The molecule has 24 heavy (non-hydrogen) atoms. The van der Waals surface area contributed by atoms with Crippen LogP contribution in [0.4, 0.5) is 10.5 Å². The highest BCUT2D eigenvalue weighted by Crippen LogP contribution is 2.41. The molecule has 1 aromatic carbocycles. The molecule has 2 aliphatic heterocycles. The van der Waals surface area contributed by atoms with Gasteiger partial charge in [-0.25, -0.2) is 9.78 Å². The number of hydrogen-bond donors (Lipinski definition) is 1. The van der Waals surface area contributed by atoms with E-state index < -0.39 is 0 Å². The maximum atomic E-state index is 12.4. The first kappa shape index (κ1) is 15.4. The van der Waals surface area contributed by atoms with Gasteiger partial charge >= 0.3 is 6.03 Å². The molecule has 4 rings (SSSR count). The van der Waals surface area contributed by atoms with Gasteiger partial charge in [-0.15, -0.1) is 0 Å². The molecule has 1 amide bonds. The van der Waals surface area contributed by atoms with E-state index in [0.29, 0.717) is 17.9 Å². The van der Waals surface area contributed by atoms with E-state index in [2.05, 4.69) is 35.1 Å². The fraction of sp³-hybridized carbons (Fsp3) is 0.556. The summed E-state index contributed by atoms with van der Waals surface area (Å²) in [5, 5.41) is 2.97. The summed E-state index contributed by atoms with van der Waals surface area (Å²) in [5.74, 6) is 0.575. The van der Waals surface area contributed by atoms with Gasteiger partial charge in [-0.3, -0.25) is 4.57 Å². The number of benzene rings is 1. The van der Waals surface area contributed by atoms with Gasteiger partial charge in [0.25, 0.3) is 0 Å². The van der Waals surface area contributed by atoms with Gasteiger partial charge in [0.15, 0.2) is 0 Å². The lowest BCUT2D eigenvalue weighted by Crippen LogP contribution is -2.66. The highest BCUT2D eigenvalue weighted by Gasteiger charge is 2.49. The summed E-state index contributed by atoms with van der Waals surface area (Å²) in [6.45, 7) is 8.75. The minimum Gasteiger partial charge on any atom is -0.380 e. The van der Waals surface area contributed by atoms with Crippen molar-refractivity contribution in [3.05, 3.63) is 24.5 Å². The Morgan fingerprint density at radius 3 is 2.83 bits per heavy atom. The van der Waals surface area contributed by atoms with Crippen LogP contribution in [-0.4, -0.2) is 48.4 Å². The number of nitrogens with one attached hydrogen (secondary N) is 1. The maximum absolute atomic E-state index is 12.4. The molecule has 1 spiro atoms. The molecule has 3 heterocycles. The molecule has 1 aromatic heterocycles. The largest absolute Gasteiger partial charge is 0.380 e. The van der Waals surface area contributed by atoms with E-state index in [9.17, 15) is 4.79 Å². The molecule has 6 nitrogen and oxygen atoms in total. The third-order valence-corrected chi connectivity index (χ3v) is 4.98. The number of rotatable bonds is 4. The number of para-hydroxylation sites is 1. The molecule has 2 saturated heterocycles. The van der Waals surface area contributed by atoms with Gasteiger partial charge in [0.2, 0.25) is 0 Å². The van der Waals surface area contributed by atoms with Crippen LogP contribution in [0.25, 0.3) is 11.0 Å². The van der Waals surface area contributed by atoms with E-state index in [1.807, 2.05) is 12.1 Å². The van der Waals surface area contributed by atoms with Crippen LogP contribution in [0.3, 0.4) is 0 Å². The van der Waals surface area contributed by atoms with Crippen molar-refractivity contribution in [1.82, 2.24) is 14.9 Å². The average molecular weight is 328 g/mol. The first-order valence-corrected chi connectivity index (χ1v) is 8.65. The standard InChI is InChI=1S/C18H24N4O2/c1-13(2)6-7-19-17(23)22-12-20-16-14(4-3-5-15(16)22)21-8-18(9-21)10-24-11-18/h3-5,12-13H,6-11H2,1-2H3,(H,19,23). The van der Waals surface area contributed by atoms with Crippen molar-refractivity contribution in [1.29, 1.82) is 0 Å². The van der Waals surface area contributed by atoms with Gasteiger partial charge in [0, 0.05) is 19.6 Å². The van der Waals surface area contributed by atoms with Crippen LogP contribution in [0.1, 0.15) is 20.3 Å². The number of imidazole rings is 1. The van der Waals surface area contributed by atoms with Crippen LogP contribution >= 0.6 is 0 Å². The molecule has 1 N–H and O–H groups in total. The van der Waals surface area contributed by atoms with Crippen molar-refractivity contribution in [2.45, 2.75) is 20.3 Å². The number of carbonyl (C=O) groups excluding carboxylic acids is 1. The highest BCUT2D eigenvalue weighted by molar-refractivity contribution is 5.95. The van der Waals surface area contributed by atoms with Gasteiger partial charge < -0.3 is 15.0 Å². The molecular formula is C18H24N4O2. The fourth-order valence-electron chi connectivity index (χ4n) is 3.50. The summed E-state index contributed by atoms with van der Waals surface area (Å²) in [6, 6.07) is 5.93. The molecule has 0 atom stereocenters. The number of anilines is 1. The molecule has 128 valence electrons. The minimum absolute atomic E-state index is 0.109. The Hall–Kier alpha value is -2.08. The maximum Gasteiger partial charge on any atom is 0.327 e. The van der Waals surface area contributed by atoms with Crippen molar-refractivity contribution < 1.29 is 9.53 Å². The Morgan fingerprint density at radius 1 is 1.38 bits per heavy atom. The number of amides is 1. The van der Waals surface area contributed by atoms with Crippen LogP contribution < -0.4 is 10.2 Å². The van der Waals surface area contributed by atoms with E-state index in [1.54, 1.807) is 10.9 Å². The fourth-order valence-corrected chi connectivity index (χ4v) is 3.50. The predicted octanol–water partition coefficient (Wildman–Crippen LogP) is 2.48. The van der Waals surface area contributed by atoms with Crippen LogP contribution in [0, 0.1) is 11.3 Å². The van der Waals surface area contributed by atoms with E-state index in [1.165, 1.54) is 0 Å². The third-order valence-electron chi connectivity index (χ3n) is 4.98. The summed E-state index contributed by atoms with van der Waals surface area (Å²) in [6.07, 6.45) is 2.60. The zero-order chi connectivity index (χ0) is 16.7. The highest BCUT2D eigenvalue weighted by atomic mass is 16.5. The summed E-state index contributed by atoms with van der Waals surface area (Å²) in [7, 11) is 0. The number of fused-ring (bicyclic) bond motifs is 1. The van der Waals surface area contributed by atoms with Crippen LogP contribution in [0.5, 0.6) is 0 Å². The molecule has 6 heteroatoms. The SMILES string of the molecule is CC(C)CCNC(=O)n1cnc2c(N3CC4(COC4)C3)cccc21. The average Bonchev–Trinajstić information content (AvgIpc) is 2.88. The molecule has 0 saturated carbocycles. The molecule has 2 fully saturated rings.